The fourth-order valence-electron chi connectivity index (χ4n) is 1.62. The number of nitrogens with zero attached hydrogens (tertiary/aromatic N) is 3. The Kier molecular flexibility index (Phi) is 4.64. The van der Waals surface area contributed by atoms with Gasteiger partial charge in [0.25, 0.3) is 11.4 Å². The van der Waals surface area contributed by atoms with Crippen LogP contribution in [0.3, 0.4) is 0 Å². The Morgan fingerprint density at radius 1 is 1.00 bits per heavy atom. The average Bonchev–Trinajstić information content (AvgIpc) is 2.53. The summed E-state index contributed by atoms with van der Waals surface area (Å²) in [7, 11) is 0. The average molecular weight is 321 g/mol. The Hall–Kier alpha value is -3.00. The van der Waals surface area contributed by atoms with Gasteiger partial charge in [-0.25, -0.2) is 0 Å². The molecule has 2 aromatic carbocycles. The highest BCUT2D eigenvalue weighted by Crippen LogP contribution is 2.24. The van der Waals surface area contributed by atoms with Crippen LogP contribution in [0.25, 0.3) is 0 Å². The van der Waals surface area contributed by atoms with E-state index >= 15 is 0 Å². The third-order valence-corrected chi connectivity index (χ3v) is 2.92. The Balaban J connectivity index is 2.34. The Morgan fingerprint density at radius 3 is 2.05 bits per heavy atom. The molecule has 2 aromatic rings. The largest absolute Gasteiger partial charge is 0.277 e. The van der Waals surface area contributed by atoms with Gasteiger partial charge < -0.3 is 0 Å². The van der Waals surface area contributed by atoms with Crippen molar-refractivity contribution in [3.05, 3.63) is 74.3 Å². The van der Waals surface area contributed by atoms with E-state index in [9.17, 15) is 20.2 Å². The van der Waals surface area contributed by atoms with Gasteiger partial charge in [0.1, 0.15) is 0 Å². The maximum absolute atomic E-state index is 10.8. The van der Waals surface area contributed by atoms with Crippen LogP contribution in [0.4, 0.5) is 17.1 Å². The number of hydrogen-bond donors (Lipinski definition) is 1. The maximum atomic E-state index is 10.8. The van der Waals surface area contributed by atoms with Gasteiger partial charge in [-0.3, -0.25) is 25.7 Å². The number of hydrazone groups is 1. The topological polar surface area (TPSA) is 111 Å². The van der Waals surface area contributed by atoms with Crippen molar-refractivity contribution in [2.24, 2.45) is 5.10 Å². The van der Waals surface area contributed by atoms with Gasteiger partial charge in [-0.15, -0.1) is 0 Å². The predicted octanol–water partition coefficient (Wildman–Crippen LogP) is 3.52. The molecule has 1 N–H and O–H groups in total. The number of anilines is 1. The normalized spacial score (nSPS) is 11.0. The lowest BCUT2D eigenvalue weighted by molar-refractivity contribution is -0.394. The summed E-state index contributed by atoms with van der Waals surface area (Å²) in [6, 6.07) is 12.0. The van der Waals surface area contributed by atoms with Crippen molar-refractivity contribution < 1.29 is 9.85 Å². The number of nitro benzene ring substituents is 2. The van der Waals surface area contributed by atoms with E-state index in [-0.39, 0.29) is 10.7 Å². The molecule has 0 bridgehead atoms. The first-order chi connectivity index (χ1) is 10.5. The highest BCUT2D eigenvalue weighted by molar-refractivity contribution is 6.69. The molecule has 0 saturated carbocycles. The zero-order chi connectivity index (χ0) is 16.1. The molecule has 8 nitrogen and oxygen atoms in total. The van der Waals surface area contributed by atoms with E-state index in [0.717, 1.165) is 18.2 Å². The van der Waals surface area contributed by atoms with Gasteiger partial charge in [0.2, 0.25) is 0 Å². The molecule has 0 radical (unpaired) electrons. The van der Waals surface area contributed by atoms with E-state index in [1.807, 2.05) is 6.07 Å². The monoisotopic (exact) mass is 320 g/mol. The summed E-state index contributed by atoms with van der Waals surface area (Å²) in [5.74, 6) is 0. The first-order valence-corrected chi connectivity index (χ1v) is 6.33. The molecule has 0 aliphatic carbocycles. The summed E-state index contributed by atoms with van der Waals surface area (Å²) in [5.41, 5.74) is 2.52. The second-order valence-electron chi connectivity index (χ2n) is 4.13. The first-order valence-electron chi connectivity index (χ1n) is 5.96. The van der Waals surface area contributed by atoms with Gasteiger partial charge in [0.05, 0.1) is 21.6 Å². The summed E-state index contributed by atoms with van der Waals surface area (Å²) in [5, 5.41) is 25.4. The Bertz CT molecular complexity index is 717. The lowest BCUT2D eigenvalue weighted by Crippen LogP contribution is -2.00. The van der Waals surface area contributed by atoms with Crippen LogP contribution in [-0.2, 0) is 0 Å². The number of para-hydroxylation sites is 1. The lowest BCUT2D eigenvalue weighted by Gasteiger charge is -2.02. The van der Waals surface area contributed by atoms with Gasteiger partial charge in [-0.2, -0.15) is 5.10 Å². The van der Waals surface area contributed by atoms with Crippen LogP contribution in [0.5, 0.6) is 0 Å². The molecule has 0 fully saturated rings. The van der Waals surface area contributed by atoms with E-state index in [4.69, 9.17) is 11.6 Å². The minimum atomic E-state index is -0.731. The molecule has 0 atom stereocenters. The predicted molar refractivity (Wildman–Crippen MR) is 82.2 cm³/mol. The van der Waals surface area contributed by atoms with E-state index in [0.29, 0.717) is 5.69 Å². The number of halogens is 1. The second kappa shape index (κ2) is 6.64. The number of nitro groups is 2. The summed E-state index contributed by atoms with van der Waals surface area (Å²) in [4.78, 5) is 20.2. The second-order valence-corrected chi connectivity index (χ2v) is 4.49. The maximum Gasteiger partial charge on any atom is 0.277 e. The zero-order valence-electron chi connectivity index (χ0n) is 11.0. The molecule has 9 heteroatoms. The van der Waals surface area contributed by atoms with Crippen LogP contribution in [-0.4, -0.2) is 15.0 Å². The number of hydrogen-bond acceptors (Lipinski definition) is 6. The fraction of sp³-hybridized carbons (Fsp3) is 0. The van der Waals surface area contributed by atoms with Gasteiger partial charge in [0.15, 0.2) is 5.17 Å². The third-order valence-electron chi connectivity index (χ3n) is 2.62. The number of non-ortho nitro benzene ring substituents is 2. The lowest BCUT2D eigenvalue weighted by atomic mass is 10.2. The summed E-state index contributed by atoms with van der Waals surface area (Å²) < 4.78 is 0. The van der Waals surface area contributed by atoms with E-state index in [1.54, 1.807) is 24.3 Å². The van der Waals surface area contributed by atoms with Crippen molar-refractivity contribution in [3.63, 3.8) is 0 Å². The fourth-order valence-corrected chi connectivity index (χ4v) is 1.77. The van der Waals surface area contributed by atoms with Crippen molar-refractivity contribution >= 4 is 33.8 Å². The van der Waals surface area contributed by atoms with E-state index in [2.05, 4.69) is 10.5 Å². The van der Waals surface area contributed by atoms with Crippen LogP contribution in [0.1, 0.15) is 5.56 Å². The molecule has 22 heavy (non-hydrogen) atoms. The van der Waals surface area contributed by atoms with Crippen LogP contribution in [0.2, 0.25) is 0 Å². The number of nitrogens with one attached hydrogen (secondary N) is 1. The van der Waals surface area contributed by atoms with Crippen molar-refractivity contribution in [1.29, 1.82) is 0 Å². The molecule has 112 valence electrons. The van der Waals surface area contributed by atoms with Gasteiger partial charge in [0, 0.05) is 17.7 Å². The minimum absolute atomic E-state index is 0.0750. The highest BCUT2D eigenvalue weighted by Gasteiger charge is 2.18. The quantitative estimate of drug-likeness (QED) is 0.514. The third kappa shape index (κ3) is 3.76. The van der Waals surface area contributed by atoms with Crippen molar-refractivity contribution in [2.75, 3.05) is 5.43 Å². The molecule has 0 spiro atoms. The smallest absolute Gasteiger partial charge is 0.277 e. The Labute approximate surface area is 129 Å². The summed E-state index contributed by atoms with van der Waals surface area (Å²) in [6.07, 6.45) is 0. The van der Waals surface area contributed by atoms with Crippen LogP contribution < -0.4 is 5.43 Å². The molecule has 0 amide bonds. The van der Waals surface area contributed by atoms with Crippen molar-refractivity contribution in [3.8, 4) is 0 Å². The van der Waals surface area contributed by atoms with Crippen molar-refractivity contribution in [1.82, 2.24) is 0 Å². The molecule has 0 aromatic heterocycles. The molecule has 0 saturated heterocycles. The molecule has 0 heterocycles. The van der Waals surface area contributed by atoms with Gasteiger partial charge in [-0.05, 0) is 12.1 Å². The van der Waals surface area contributed by atoms with Crippen molar-refractivity contribution in [2.45, 2.75) is 0 Å². The molecule has 0 aliphatic heterocycles. The molecule has 0 aliphatic rings. The first kappa shape index (κ1) is 15.4. The van der Waals surface area contributed by atoms with E-state index in [1.165, 1.54) is 0 Å². The van der Waals surface area contributed by atoms with Crippen LogP contribution in [0, 0.1) is 20.2 Å². The summed E-state index contributed by atoms with van der Waals surface area (Å²) in [6.45, 7) is 0. The molecule has 2 rings (SSSR count). The zero-order valence-corrected chi connectivity index (χ0v) is 11.7. The van der Waals surface area contributed by atoms with Gasteiger partial charge >= 0.3 is 0 Å². The SMILES string of the molecule is O=[N+]([O-])c1cc(/C(Cl)=N/Nc2ccccc2)cc([N+](=O)[O-])c1. The number of rotatable bonds is 5. The minimum Gasteiger partial charge on any atom is -0.277 e. The molecular formula is C13H9ClN4O4. The summed E-state index contributed by atoms with van der Waals surface area (Å²) >= 11 is 5.95. The Morgan fingerprint density at radius 2 is 1.55 bits per heavy atom. The standard InChI is InChI=1S/C13H9ClN4O4/c14-13(16-15-10-4-2-1-3-5-10)9-6-11(17(19)20)8-12(7-9)18(21)22/h1-8,15H/b16-13-. The molecular weight excluding hydrogens is 312 g/mol. The van der Waals surface area contributed by atoms with Gasteiger partial charge in [-0.1, -0.05) is 29.8 Å². The molecule has 0 unspecified atom stereocenters. The van der Waals surface area contributed by atoms with Crippen LogP contribution >= 0.6 is 11.6 Å². The highest BCUT2D eigenvalue weighted by atomic mass is 35.5. The van der Waals surface area contributed by atoms with E-state index < -0.39 is 21.2 Å². The number of benzene rings is 2. The van der Waals surface area contributed by atoms with Crippen LogP contribution in [0.15, 0.2) is 53.6 Å².